The number of aromatic nitrogens is 1. The summed E-state index contributed by atoms with van der Waals surface area (Å²) in [7, 11) is 3.40. The molecule has 0 radical (unpaired) electrons. The van der Waals surface area contributed by atoms with E-state index in [1.807, 2.05) is 12.1 Å². The minimum absolute atomic E-state index is 0.103. The highest BCUT2D eigenvalue weighted by molar-refractivity contribution is 9.10. The fraction of sp³-hybridized carbons (Fsp3) is 0.200. The first-order valence-electron chi connectivity index (χ1n) is 4.47. The Morgan fingerprint density at radius 2 is 2.19 bits per heavy atom. The molecule has 0 aliphatic heterocycles. The first-order chi connectivity index (χ1) is 7.50. The Labute approximate surface area is 110 Å². The summed E-state index contributed by atoms with van der Waals surface area (Å²) in [5.74, 6) is -0.103. The molecule has 0 saturated carbocycles. The van der Waals surface area contributed by atoms with E-state index < -0.39 is 0 Å². The summed E-state index contributed by atoms with van der Waals surface area (Å²) in [6, 6.07) is 3.67. The molecule has 1 aromatic heterocycles. The van der Waals surface area contributed by atoms with Crippen LogP contribution < -0.4 is 0 Å². The quantitative estimate of drug-likeness (QED) is 0.807. The van der Waals surface area contributed by atoms with Gasteiger partial charge in [-0.05, 0) is 28.1 Å². The minimum Gasteiger partial charge on any atom is -0.343 e. The monoisotopic (exact) mass is 318 g/mol. The lowest BCUT2D eigenvalue weighted by Crippen LogP contribution is -2.21. The van der Waals surface area contributed by atoms with Crippen LogP contribution in [-0.4, -0.2) is 29.9 Å². The molecule has 84 valence electrons. The van der Waals surface area contributed by atoms with Crippen LogP contribution in [0.4, 0.5) is 0 Å². The van der Waals surface area contributed by atoms with Crippen LogP contribution in [0.5, 0.6) is 0 Å². The number of hydrogen-bond acceptors (Lipinski definition) is 3. The van der Waals surface area contributed by atoms with Crippen LogP contribution >= 0.6 is 38.9 Å². The summed E-state index contributed by atoms with van der Waals surface area (Å²) >= 11 is 10.8. The van der Waals surface area contributed by atoms with Crippen molar-refractivity contribution in [2.45, 2.75) is 0 Å². The molecule has 0 atom stereocenters. The summed E-state index contributed by atoms with van der Waals surface area (Å²) in [5, 5.41) is 1.06. The van der Waals surface area contributed by atoms with Crippen molar-refractivity contribution in [1.29, 1.82) is 0 Å². The van der Waals surface area contributed by atoms with Crippen LogP contribution in [0.3, 0.4) is 0 Å². The second-order valence-electron chi connectivity index (χ2n) is 3.43. The van der Waals surface area contributed by atoms with Crippen molar-refractivity contribution in [3.05, 3.63) is 26.6 Å². The Hall–Kier alpha value is -0.650. The van der Waals surface area contributed by atoms with Crippen molar-refractivity contribution in [3.8, 4) is 0 Å². The molecule has 0 bridgehead atoms. The summed E-state index contributed by atoms with van der Waals surface area (Å²) in [6.07, 6.45) is 0. The number of thiazole rings is 1. The molecular formula is C10H8BrClN2OS. The van der Waals surface area contributed by atoms with Crippen molar-refractivity contribution in [2.75, 3.05) is 14.1 Å². The van der Waals surface area contributed by atoms with Crippen molar-refractivity contribution >= 4 is 55.0 Å². The van der Waals surface area contributed by atoms with E-state index in [4.69, 9.17) is 11.6 Å². The number of fused-ring (bicyclic) bond motifs is 1. The second kappa shape index (κ2) is 4.31. The third-order valence-electron chi connectivity index (χ3n) is 2.04. The molecule has 3 nitrogen and oxygen atoms in total. The number of nitrogens with zero attached hydrogens (tertiary/aromatic N) is 2. The molecule has 1 amide bonds. The number of benzene rings is 1. The fourth-order valence-corrected chi connectivity index (χ4v) is 2.98. The summed E-state index contributed by atoms with van der Waals surface area (Å²) < 4.78 is 1.65. The SMILES string of the molecule is CN(C)C(=O)c1nc2ccc(Br)c(Cl)c2s1. The Kier molecular flexibility index (Phi) is 3.19. The Morgan fingerprint density at radius 1 is 1.50 bits per heavy atom. The fourth-order valence-electron chi connectivity index (χ4n) is 1.22. The molecule has 2 rings (SSSR count). The Morgan fingerprint density at radius 3 is 2.81 bits per heavy atom. The summed E-state index contributed by atoms with van der Waals surface area (Å²) in [5.41, 5.74) is 0.753. The normalized spacial score (nSPS) is 10.8. The predicted molar refractivity (Wildman–Crippen MR) is 70.3 cm³/mol. The van der Waals surface area contributed by atoms with Gasteiger partial charge in [0.15, 0.2) is 5.01 Å². The van der Waals surface area contributed by atoms with Gasteiger partial charge in [-0.25, -0.2) is 4.98 Å². The lowest BCUT2D eigenvalue weighted by Gasteiger charge is -2.05. The third-order valence-corrected chi connectivity index (χ3v) is 4.51. The van der Waals surface area contributed by atoms with Crippen LogP contribution in [0.1, 0.15) is 9.80 Å². The standard InChI is InChI=1S/C10H8BrClN2OS/c1-14(2)10(15)9-13-6-4-3-5(11)7(12)8(6)16-9/h3-4H,1-2H3. The van der Waals surface area contributed by atoms with Crippen molar-refractivity contribution in [2.24, 2.45) is 0 Å². The van der Waals surface area contributed by atoms with Gasteiger partial charge in [0, 0.05) is 18.6 Å². The number of rotatable bonds is 1. The van der Waals surface area contributed by atoms with Gasteiger partial charge in [-0.3, -0.25) is 4.79 Å². The van der Waals surface area contributed by atoms with Crippen molar-refractivity contribution < 1.29 is 4.79 Å². The molecule has 1 heterocycles. The molecular weight excluding hydrogens is 312 g/mol. The van der Waals surface area contributed by atoms with Crippen LogP contribution in [0, 0.1) is 0 Å². The Balaban J connectivity index is 2.61. The van der Waals surface area contributed by atoms with Crippen LogP contribution in [0.15, 0.2) is 16.6 Å². The van der Waals surface area contributed by atoms with Crippen molar-refractivity contribution in [1.82, 2.24) is 9.88 Å². The number of hydrogen-bond donors (Lipinski definition) is 0. The zero-order valence-corrected chi connectivity index (χ0v) is 11.8. The lowest BCUT2D eigenvalue weighted by atomic mass is 10.3. The maximum atomic E-state index is 11.7. The van der Waals surface area contributed by atoms with E-state index in [9.17, 15) is 4.79 Å². The molecule has 16 heavy (non-hydrogen) atoms. The predicted octanol–water partition coefficient (Wildman–Crippen LogP) is 3.41. The van der Waals surface area contributed by atoms with Crippen LogP contribution in [0.2, 0.25) is 5.02 Å². The van der Waals surface area contributed by atoms with Gasteiger partial charge in [0.05, 0.1) is 15.2 Å². The van der Waals surface area contributed by atoms with E-state index in [0.29, 0.717) is 10.0 Å². The highest BCUT2D eigenvalue weighted by Gasteiger charge is 2.16. The van der Waals surface area contributed by atoms with Gasteiger partial charge in [0.2, 0.25) is 0 Å². The van der Waals surface area contributed by atoms with E-state index in [2.05, 4.69) is 20.9 Å². The summed E-state index contributed by atoms with van der Waals surface area (Å²) in [6.45, 7) is 0. The minimum atomic E-state index is -0.103. The average molecular weight is 320 g/mol. The third kappa shape index (κ3) is 1.95. The number of carbonyl (C=O) groups excluding carboxylic acids is 1. The topological polar surface area (TPSA) is 33.2 Å². The molecule has 0 spiro atoms. The van der Waals surface area contributed by atoms with Gasteiger partial charge in [-0.1, -0.05) is 11.6 Å². The lowest BCUT2D eigenvalue weighted by molar-refractivity contribution is 0.0827. The average Bonchev–Trinajstić information content (AvgIpc) is 2.67. The summed E-state index contributed by atoms with van der Waals surface area (Å²) in [4.78, 5) is 17.5. The second-order valence-corrected chi connectivity index (χ2v) is 5.66. The molecule has 0 fully saturated rings. The molecule has 6 heteroatoms. The molecule has 0 aliphatic carbocycles. The van der Waals surface area contributed by atoms with Crippen LogP contribution in [0.25, 0.3) is 10.2 Å². The maximum absolute atomic E-state index is 11.7. The van der Waals surface area contributed by atoms with E-state index >= 15 is 0 Å². The van der Waals surface area contributed by atoms with Gasteiger partial charge in [0.1, 0.15) is 0 Å². The van der Waals surface area contributed by atoms with Gasteiger partial charge in [0.25, 0.3) is 5.91 Å². The number of halogens is 2. The van der Waals surface area contributed by atoms with Gasteiger partial charge >= 0.3 is 0 Å². The molecule has 0 N–H and O–H groups in total. The largest absolute Gasteiger partial charge is 0.343 e. The Bertz CT molecular complexity index is 567. The maximum Gasteiger partial charge on any atom is 0.282 e. The van der Waals surface area contributed by atoms with E-state index in [-0.39, 0.29) is 5.91 Å². The smallest absolute Gasteiger partial charge is 0.282 e. The molecule has 0 saturated heterocycles. The number of carbonyl (C=O) groups is 1. The van der Waals surface area contributed by atoms with Gasteiger partial charge in [-0.15, -0.1) is 11.3 Å². The molecule has 0 unspecified atom stereocenters. The molecule has 0 aliphatic rings. The van der Waals surface area contributed by atoms with Gasteiger partial charge < -0.3 is 4.90 Å². The van der Waals surface area contributed by atoms with Gasteiger partial charge in [-0.2, -0.15) is 0 Å². The first kappa shape index (κ1) is 11.8. The number of amides is 1. The van der Waals surface area contributed by atoms with E-state index in [1.54, 1.807) is 14.1 Å². The zero-order valence-electron chi connectivity index (χ0n) is 8.62. The molecule has 1 aromatic carbocycles. The van der Waals surface area contributed by atoms with Crippen LogP contribution in [-0.2, 0) is 0 Å². The zero-order chi connectivity index (χ0) is 11.9. The molecule has 2 aromatic rings. The van der Waals surface area contributed by atoms with E-state index in [0.717, 1.165) is 14.7 Å². The van der Waals surface area contributed by atoms with E-state index in [1.165, 1.54) is 16.2 Å². The first-order valence-corrected chi connectivity index (χ1v) is 6.45. The highest BCUT2D eigenvalue weighted by Crippen LogP contribution is 2.34. The van der Waals surface area contributed by atoms with Crippen molar-refractivity contribution in [3.63, 3.8) is 0 Å². The highest BCUT2D eigenvalue weighted by atomic mass is 79.9.